The van der Waals surface area contributed by atoms with E-state index in [9.17, 15) is 0 Å². The van der Waals surface area contributed by atoms with Gasteiger partial charge in [0.25, 0.3) is 0 Å². The van der Waals surface area contributed by atoms with Gasteiger partial charge in [-0.3, -0.25) is 0 Å². The number of nitrogens with two attached hydrogens (primary N) is 1. The first-order valence-corrected chi connectivity index (χ1v) is 5.61. The SMILES string of the molecule is CC(C)c1nc(N)cc(Nc2ccccc2)n1. The lowest BCUT2D eigenvalue weighted by molar-refractivity contribution is 0.779. The Balaban J connectivity index is 2.27. The Morgan fingerprint density at radius 2 is 1.82 bits per heavy atom. The second-order valence-electron chi connectivity index (χ2n) is 4.18. The number of hydrogen-bond acceptors (Lipinski definition) is 4. The van der Waals surface area contributed by atoms with Crippen molar-refractivity contribution in [1.29, 1.82) is 0 Å². The zero-order valence-electron chi connectivity index (χ0n) is 10.0. The molecule has 0 bridgehead atoms. The topological polar surface area (TPSA) is 63.8 Å². The summed E-state index contributed by atoms with van der Waals surface area (Å²) in [6.07, 6.45) is 0. The van der Waals surface area contributed by atoms with E-state index in [-0.39, 0.29) is 5.92 Å². The summed E-state index contributed by atoms with van der Waals surface area (Å²) in [5.41, 5.74) is 6.75. The highest BCUT2D eigenvalue weighted by Gasteiger charge is 2.06. The average molecular weight is 228 g/mol. The van der Waals surface area contributed by atoms with Crippen LogP contribution in [0.1, 0.15) is 25.6 Å². The number of benzene rings is 1. The highest BCUT2D eigenvalue weighted by atomic mass is 15.1. The first-order valence-electron chi connectivity index (χ1n) is 5.61. The molecule has 0 aliphatic heterocycles. The molecule has 1 heterocycles. The molecule has 0 saturated heterocycles. The number of nitrogen functional groups attached to an aromatic ring is 1. The number of anilines is 3. The summed E-state index contributed by atoms with van der Waals surface area (Å²) in [5, 5.41) is 3.21. The molecular formula is C13H16N4. The summed E-state index contributed by atoms with van der Waals surface area (Å²) in [6.45, 7) is 4.09. The van der Waals surface area contributed by atoms with Gasteiger partial charge in [0.1, 0.15) is 17.5 Å². The minimum Gasteiger partial charge on any atom is -0.384 e. The molecule has 2 aromatic rings. The maximum absolute atomic E-state index is 5.76. The van der Waals surface area contributed by atoms with Crippen molar-refractivity contribution in [3.63, 3.8) is 0 Å². The molecule has 0 fully saturated rings. The van der Waals surface area contributed by atoms with Crippen LogP contribution in [0.25, 0.3) is 0 Å². The van der Waals surface area contributed by atoms with E-state index in [0.717, 1.165) is 17.3 Å². The molecule has 4 heteroatoms. The van der Waals surface area contributed by atoms with E-state index in [1.54, 1.807) is 6.07 Å². The number of nitrogens with zero attached hydrogens (tertiary/aromatic N) is 2. The Kier molecular flexibility index (Phi) is 3.23. The summed E-state index contributed by atoms with van der Waals surface area (Å²) < 4.78 is 0. The van der Waals surface area contributed by atoms with Gasteiger partial charge in [0.05, 0.1) is 0 Å². The predicted octanol–water partition coefficient (Wildman–Crippen LogP) is 2.93. The minimum absolute atomic E-state index is 0.259. The van der Waals surface area contributed by atoms with E-state index in [0.29, 0.717) is 5.82 Å². The van der Waals surface area contributed by atoms with Gasteiger partial charge in [-0.05, 0) is 12.1 Å². The average Bonchev–Trinajstić information content (AvgIpc) is 2.29. The minimum atomic E-state index is 0.259. The van der Waals surface area contributed by atoms with Crippen LogP contribution in [0.5, 0.6) is 0 Å². The Bertz CT molecular complexity index is 494. The molecule has 3 N–H and O–H groups in total. The van der Waals surface area contributed by atoms with Crippen LogP contribution in [0.15, 0.2) is 36.4 Å². The Labute approximate surface area is 101 Å². The quantitative estimate of drug-likeness (QED) is 0.847. The van der Waals surface area contributed by atoms with Gasteiger partial charge in [0.2, 0.25) is 0 Å². The zero-order valence-corrected chi connectivity index (χ0v) is 10.0. The van der Waals surface area contributed by atoms with Crippen LogP contribution < -0.4 is 11.1 Å². The van der Waals surface area contributed by atoms with Crippen LogP contribution in [0, 0.1) is 0 Å². The van der Waals surface area contributed by atoms with Crippen molar-refractivity contribution in [2.45, 2.75) is 19.8 Å². The van der Waals surface area contributed by atoms with Crippen LogP contribution in [0.2, 0.25) is 0 Å². The molecule has 0 saturated carbocycles. The van der Waals surface area contributed by atoms with Crippen LogP contribution >= 0.6 is 0 Å². The molecule has 4 nitrogen and oxygen atoms in total. The lowest BCUT2D eigenvalue weighted by Crippen LogP contribution is -2.04. The van der Waals surface area contributed by atoms with Crippen molar-refractivity contribution in [2.75, 3.05) is 11.1 Å². The fourth-order valence-corrected chi connectivity index (χ4v) is 1.48. The Morgan fingerprint density at radius 1 is 1.12 bits per heavy atom. The highest BCUT2D eigenvalue weighted by Crippen LogP contribution is 2.18. The molecule has 17 heavy (non-hydrogen) atoms. The third-order valence-corrected chi connectivity index (χ3v) is 2.33. The van der Waals surface area contributed by atoms with Crippen molar-refractivity contribution in [3.8, 4) is 0 Å². The number of hydrogen-bond donors (Lipinski definition) is 2. The number of rotatable bonds is 3. The van der Waals surface area contributed by atoms with Crippen LogP contribution in [0.4, 0.5) is 17.3 Å². The van der Waals surface area contributed by atoms with Gasteiger partial charge in [-0.15, -0.1) is 0 Å². The second-order valence-corrected chi connectivity index (χ2v) is 4.18. The maximum Gasteiger partial charge on any atom is 0.136 e. The summed E-state index contributed by atoms with van der Waals surface area (Å²) >= 11 is 0. The standard InChI is InChI=1S/C13H16N4/c1-9(2)13-16-11(14)8-12(17-13)15-10-6-4-3-5-7-10/h3-9H,1-2H3,(H3,14,15,16,17). The van der Waals surface area contributed by atoms with Gasteiger partial charge in [0.15, 0.2) is 0 Å². The number of aromatic nitrogens is 2. The highest BCUT2D eigenvalue weighted by molar-refractivity contribution is 5.58. The van der Waals surface area contributed by atoms with Gasteiger partial charge < -0.3 is 11.1 Å². The summed E-state index contributed by atoms with van der Waals surface area (Å²) in [5.74, 6) is 2.23. The normalized spacial score (nSPS) is 10.5. The maximum atomic E-state index is 5.76. The summed E-state index contributed by atoms with van der Waals surface area (Å²) in [4.78, 5) is 8.63. The van der Waals surface area contributed by atoms with Crippen molar-refractivity contribution in [3.05, 3.63) is 42.2 Å². The summed E-state index contributed by atoms with van der Waals surface area (Å²) in [6, 6.07) is 11.6. The molecule has 0 spiro atoms. The van der Waals surface area contributed by atoms with Gasteiger partial charge in [-0.25, -0.2) is 9.97 Å². The van der Waals surface area contributed by atoms with E-state index in [4.69, 9.17) is 5.73 Å². The Morgan fingerprint density at radius 3 is 2.47 bits per heavy atom. The molecule has 0 atom stereocenters. The Hall–Kier alpha value is -2.10. The summed E-state index contributed by atoms with van der Waals surface area (Å²) in [7, 11) is 0. The van der Waals surface area contributed by atoms with Crippen LogP contribution in [0.3, 0.4) is 0 Å². The molecule has 0 aliphatic rings. The number of para-hydroxylation sites is 1. The third kappa shape index (κ3) is 2.93. The molecule has 1 aromatic carbocycles. The van der Waals surface area contributed by atoms with Crippen molar-refractivity contribution < 1.29 is 0 Å². The fraction of sp³-hybridized carbons (Fsp3) is 0.231. The molecule has 0 unspecified atom stereocenters. The first-order chi connectivity index (χ1) is 8.15. The molecule has 88 valence electrons. The van der Waals surface area contributed by atoms with Gasteiger partial charge >= 0.3 is 0 Å². The smallest absolute Gasteiger partial charge is 0.136 e. The molecule has 0 aliphatic carbocycles. The van der Waals surface area contributed by atoms with Gasteiger partial charge in [-0.2, -0.15) is 0 Å². The third-order valence-electron chi connectivity index (χ3n) is 2.33. The van der Waals surface area contributed by atoms with E-state index >= 15 is 0 Å². The van der Waals surface area contributed by atoms with E-state index in [1.165, 1.54) is 0 Å². The van der Waals surface area contributed by atoms with Crippen molar-refractivity contribution in [2.24, 2.45) is 0 Å². The monoisotopic (exact) mass is 228 g/mol. The van der Waals surface area contributed by atoms with E-state index in [2.05, 4.69) is 15.3 Å². The van der Waals surface area contributed by atoms with E-state index < -0.39 is 0 Å². The van der Waals surface area contributed by atoms with Crippen molar-refractivity contribution in [1.82, 2.24) is 9.97 Å². The molecule has 0 radical (unpaired) electrons. The first kappa shape index (κ1) is 11.4. The predicted molar refractivity (Wildman–Crippen MR) is 70.3 cm³/mol. The lowest BCUT2D eigenvalue weighted by atomic mass is 10.2. The molecule has 0 amide bonds. The molecule has 1 aromatic heterocycles. The van der Waals surface area contributed by atoms with Crippen LogP contribution in [-0.2, 0) is 0 Å². The fourth-order valence-electron chi connectivity index (χ4n) is 1.48. The molecule has 2 rings (SSSR count). The zero-order chi connectivity index (χ0) is 12.3. The largest absolute Gasteiger partial charge is 0.384 e. The molecular weight excluding hydrogens is 212 g/mol. The lowest BCUT2D eigenvalue weighted by Gasteiger charge is -2.09. The second kappa shape index (κ2) is 4.82. The van der Waals surface area contributed by atoms with Crippen LogP contribution in [-0.4, -0.2) is 9.97 Å². The van der Waals surface area contributed by atoms with Gasteiger partial charge in [0, 0.05) is 17.7 Å². The van der Waals surface area contributed by atoms with E-state index in [1.807, 2.05) is 44.2 Å². The van der Waals surface area contributed by atoms with Crippen molar-refractivity contribution >= 4 is 17.3 Å². The van der Waals surface area contributed by atoms with Gasteiger partial charge in [-0.1, -0.05) is 32.0 Å². The number of nitrogens with one attached hydrogen (secondary N) is 1.